The van der Waals surface area contributed by atoms with Gasteiger partial charge in [0.05, 0.1) is 11.0 Å². The highest BCUT2D eigenvalue weighted by molar-refractivity contribution is 6.09. The van der Waals surface area contributed by atoms with Crippen molar-refractivity contribution in [3.05, 3.63) is 249 Å². The van der Waals surface area contributed by atoms with Crippen LogP contribution in [0.2, 0.25) is 0 Å². The van der Waals surface area contributed by atoms with Crippen molar-refractivity contribution in [2.75, 3.05) is 9.80 Å². The fourth-order valence-electron chi connectivity index (χ4n) is 9.31. The molecule has 4 heteroatoms. The molecule has 0 saturated heterocycles. The zero-order chi connectivity index (χ0) is 42.4. The number of fused-ring (bicyclic) bond motifs is 6. The van der Waals surface area contributed by atoms with Gasteiger partial charge in [-0.25, -0.2) is 0 Å². The third-order valence-electron chi connectivity index (χ3n) is 12.4. The summed E-state index contributed by atoms with van der Waals surface area (Å²) in [4.78, 5) is 4.63. The zero-order valence-corrected chi connectivity index (χ0v) is 34.9. The summed E-state index contributed by atoms with van der Waals surface area (Å²) >= 11 is 0. The Labute approximate surface area is 371 Å². The Balaban J connectivity index is 0.832. The molecule has 2 heterocycles. The fraction of sp³-hybridized carbons (Fsp3) is 0. The first kappa shape index (κ1) is 37.2. The SMILES string of the molecule is c1ccc(N(c2ccc(-c3ccc(N(c4ccccc4)c4ccc(-n5c6ccccc6c6ccccc65)cc4)cc3)cc2)c2ccc(-c3ccc4c(c3)oc3ccccc34)cc2)cc1. The van der Waals surface area contributed by atoms with Crippen molar-refractivity contribution < 1.29 is 4.42 Å². The van der Waals surface area contributed by atoms with Crippen LogP contribution in [0.1, 0.15) is 0 Å². The molecule has 0 spiro atoms. The van der Waals surface area contributed by atoms with E-state index in [0.717, 1.165) is 84.0 Å². The number of aromatic nitrogens is 1. The van der Waals surface area contributed by atoms with Crippen LogP contribution in [0, 0.1) is 0 Å². The van der Waals surface area contributed by atoms with Crippen LogP contribution in [0.25, 0.3) is 71.7 Å². The molecule has 64 heavy (non-hydrogen) atoms. The number of hydrogen-bond donors (Lipinski definition) is 0. The van der Waals surface area contributed by atoms with Crippen LogP contribution in [0.4, 0.5) is 34.1 Å². The Kier molecular flexibility index (Phi) is 9.12. The number of rotatable bonds is 9. The summed E-state index contributed by atoms with van der Waals surface area (Å²) in [6.45, 7) is 0. The number of nitrogens with zero attached hydrogens (tertiary/aromatic N) is 3. The molecule has 12 rings (SSSR count). The molecule has 12 aromatic rings. The van der Waals surface area contributed by atoms with Crippen molar-refractivity contribution in [2.45, 2.75) is 0 Å². The molecule has 0 N–H and O–H groups in total. The van der Waals surface area contributed by atoms with Crippen molar-refractivity contribution in [3.63, 3.8) is 0 Å². The normalized spacial score (nSPS) is 11.4. The van der Waals surface area contributed by atoms with Crippen molar-refractivity contribution in [2.24, 2.45) is 0 Å². The van der Waals surface area contributed by atoms with Gasteiger partial charge >= 0.3 is 0 Å². The van der Waals surface area contributed by atoms with E-state index in [1.54, 1.807) is 0 Å². The second-order valence-corrected chi connectivity index (χ2v) is 16.2. The maximum Gasteiger partial charge on any atom is 0.136 e. The van der Waals surface area contributed by atoms with Crippen molar-refractivity contribution in [3.8, 4) is 27.9 Å². The molecular formula is C60H41N3O. The van der Waals surface area contributed by atoms with E-state index < -0.39 is 0 Å². The summed E-state index contributed by atoms with van der Waals surface area (Å²) in [5, 5.41) is 4.80. The van der Waals surface area contributed by atoms with E-state index in [4.69, 9.17) is 4.42 Å². The molecule has 0 aliphatic heterocycles. The van der Waals surface area contributed by atoms with Crippen molar-refractivity contribution in [1.29, 1.82) is 0 Å². The Hall–Kier alpha value is -8.60. The molecule has 0 amide bonds. The van der Waals surface area contributed by atoms with Gasteiger partial charge in [0, 0.05) is 61.4 Å². The highest BCUT2D eigenvalue weighted by Crippen LogP contribution is 2.40. The van der Waals surface area contributed by atoms with Gasteiger partial charge in [-0.1, -0.05) is 133 Å². The molecule has 0 unspecified atom stereocenters. The van der Waals surface area contributed by atoms with E-state index in [1.165, 1.54) is 21.8 Å². The quantitative estimate of drug-likeness (QED) is 0.145. The first-order chi connectivity index (χ1) is 31.7. The zero-order valence-electron chi connectivity index (χ0n) is 34.9. The van der Waals surface area contributed by atoms with Gasteiger partial charge in [-0.05, 0) is 138 Å². The minimum atomic E-state index is 0.901. The molecule has 4 nitrogen and oxygen atoms in total. The lowest BCUT2D eigenvalue weighted by molar-refractivity contribution is 0.669. The van der Waals surface area contributed by atoms with E-state index in [-0.39, 0.29) is 0 Å². The second kappa shape index (κ2) is 15.7. The molecule has 0 fully saturated rings. The van der Waals surface area contributed by atoms with Crippen LogP contribution >= 0.6 is 0 Å². The molecule has 0 aliphatic carbocycles. The van der Waals surface area contributed by atoms with Gasteiger partial charge in [0.1, 0.15) is 11.2 Å². The Morgan fingerprint density at radius 2 is 0.625 bits per heavy atom. The first-order valence-corrected chi connectivity index (χ1v) is 21.7. The molecule has 302 valence electrons. The molecular weight excluding hydrogens is 779 g/mol. The Bertz CT molecular complexity index is 3520. The lowest BCUT2D eigenvalue weighted by atomic mass is 10.0. The molecule has 10 aromatic carbocycles. The minimum absolute atomic E-state index is 0.901. The average Bonchev–Trinajstić information content (AvgIpc) is 3.91. The highest BCUT2D eigenvalue weighted by atomic mass is 16.3. The van der Waals surface area contributed by atoms with E-state index in [1.807, 2.05) is 12.1 Å². The van der Waals surface area contributed by atoms with Crippen LogP contribution < -0.4 is 9.80 Å². The summed E-state index contributed by atoms with van der Waals surface area (Å²) in [7, 11) is 0. The molecule has 0 radical (unpaired) electrons. The highest BCUT2D eigenvalue weighted by Gasteiger charge is 2.17. The number of hydrogen-bond acceptors (Lipinski definition) is 3. The molecule has 0 aliphatic rings. The van der Waals surface area contributed by atoms with Gasteiger partial charge in [-0.2, -0.15) is 0 Å². The average molecular weight is 820 g/mol. The molecule has 2 aromatic heterocycles. The topological polar surface area (TPSA) is 24.6 Å². The molecule has 0 saturated carbocycles. The smallest absolute Gasteiger partial charge is 0.136 e. The summed E-state index contributed by atoms with van der Waals surface area (Å²) < 4.78 is 8.57. The van der Waals surface area contributed by atoms with Gasteiger partial charge < -0.3 is 18.8 Å². The van der Waals surface area contributed by atoms with E-state index in [9.17, 15) is 0 Å². The third-order valence-corrected chi connectivity index (χ3v) is 12.4. The Morgan fingerprint density at radius 3 is 1.12 bits per heavy atom. The maximum atomic E-state index is 6.21. The van der Waals surface area contributed by atoms with Crippen LogP contribution in [0.15, 0.2) is 253 Å². The molecule has 0 atom stereocenters. The molecule has 0 bridgehead atoms. The number of benzene rings is 10. The minimum Gasteiger partial charge on any atom is -0.456 e. The maximum absolute atomic E-state index is 6.21. The third kappa shape index (κ3) is 6.57. The van der Waals surface area contributed by atoms with Gasteiger partial charge in [-0.15, -0.1) is 0 Å². The van der Waals surface area contributed by atoms with E-state index >= 15 is 0 Å². The predicted octanol–water partition coefficient (Wildman–Crippen LogP) is 17.0. The largest absolute Gasteiger partial charge is 0.456 e. The van der Waals surface area contributed by atoms with Crippen LogP contribution in [0.3, 0.4) is 0 Å². The summed E-state index contributed by atoms with van der Waals surface area (Å²) in [6.07, 6.45) is 0. The number of furan rings is 1. The van der Waals surface area contributed by atoms with E-state index in [2.05, 4.69) is 251 Å². The first-order valence-electron chi connectivity index (χ1n) is 21.7. The summed E-state index contributed by atoms with van der Waals surface area (Å²) in [5.74, 6) is 0. The monoisotopic (exact) mass is 819 g/mol. The second-order valence-electron chi connectivity index (χ2n) is 16.2. The Morgan fingerprint density at radius 1 is 0.266 bits per heavy atom. The number of anilines is 6. The fourth-order valence-corrected chi connectivity index (χ4v) is 9.31. The summed E-state index contributed by atoms with van der Waals surface area (Å²) in [5.41, 5.74) is 16.5. The van der Waals surface area contributed by atoms with E-state index in [0.29, 0.717) is 0 Å². The van der Waals surface area contributed by atoms with Crippen LogP contribution in [-0.2, 0) is 0 Å². The van der Waals surface area contributed by atoms with Gasteiger partial charge in [0.25, 0.3) is 0 Å². The van der Waals surface area contributed by atoms with Gasteiger partial charge in [-0.3, -0.25) is 0 Å². The van der Waals surface area contributed by atoms with Crippen molar-refractivity contribution in [1.82, 2.24) is 4.57 Å². The number of para-hydroxylation sites is 5. The van der Waals surface area contributed by atoms with Crippen molar-refractivity contribution >= 4 is 77.9 Å². The van der Waals surface area contributed by atoms with Gasteiger partial charge in [0.2, 0.25) is 0 Å². The summed E-state index contributed by atoms with van der Waals surface area (Å²) in [6, 6.07) is 88.7. The predicted molar refractivity (Wildman–Crippen MR) is 268 cm³/mol. The van der Waals surface area contributed by atoms with Crippen LogP contribution in [0.5, 0.6) is 0 Å². The van der Waals surface area contributed by atoms with Gasteiger partial charge in [0.15, 0.2) is 0 Å². The lowest BCUT2D eigenvalue weighted by Gasteiger charge is -2.26. The lowest BCUT2D eigenvalue weighted by Crippen LogP contribution is -2.10. The standard InChI is InChI=1S/C60H41N3O/c1-3-13-46(14-4-1)61(50-34-27-44(28-35-50)45-29-40-56-55-19-9-12-22-59(55)64-60(56)41-45)48-30-23-42(24-31-48)43-25-32-49(33-26-43)62(47-15-5-2-6-16-47)51-36-38-52(39-37-51)63-57-20-10-7-17-53(57)54-18-8-11-21-58(54)63/h1-41H. The van der Waals surface area contributed by atoms with Crippen LogP contribution in [-0.4, -0.2) is 4.57 Å².